The third-order valence-corrected chi connectivity index (χ3v) is 5.04. The number of amides is 1. The van der Waals surface area contributed by atoms with Gasteiger partial charge in [-0.15, -0.1) is 0 Å². The van der Waals surface area contributed by atoms with Crippen molar-refractivity contribution in [3.63, 3.8) is 0 Å². The second-order valence-corrected chi connectivity index (χ2v) is 6.92. The van der Waals surface area contributed by atoms with E-state index in [2.05, 4.69) is 22.3 Å². The van der Waals surface area contributed by atoms with E-state index in [1.807, 2.05) is 55.5 Å². The number of para-hydroxylation sites is 1. The van der Waals surface area contributed by atoms with Crippen LogP contribution in [0.15, 0.2) is 60.7 Å². The predicted molar refractivity (Wildman–Crippen MR) is 104 cm³/mol. The van der Waals surface area contributed by atoms with E-state index in [0.717, 1.165) is 43.8 Å². The Morgan fingerprint density at radius 1 is 1.08 bits per heavy atom. The summed E-state index contributed by atoms with van der Waals surface area (Å²) >= 11 is 0. The zero-order valence-electron chi connectivity index (χ0n) is 15.4. The van der Waals surface area contributed by atoms with E-state index in [0.29, 0.717) is 6.61 Å². The first kappa shape index (κ1) is 18.5. The van der Waals surface area contributed by atoms with Gasteiger partial charge in [-0.1, -0.05) is 48.5 Å². The molecule has 26 heavy (non-hydrogen) atoms. The second kappa shape index (κ2) is 9.39. The molecular weight excluding hydrogens is 324 g/mol. The molecule has 138 valence electrons. The Labute approximate surface area is 156 Å². The Balaban J connectivity index is 1.37. The number of piperidine rings is 1. The number of ether oxygens (including phenoxy) is 1. The number of hydrogen-bond acceptors (Lipinski definition) is 3. The van der Waals surface area contributed by atoms with E-state index in [1.54, 1.807) is 0 Å². The predicted octanol–water partition coefficient (Wildman–Crippen LogP) is 3.65. The molecule has 1 fully saturated rings. The van der Waals surface area contributed by atoms with Gasteiger partial charge in [0, 0.05) is 12.5 Å². The van der Waals surface area contributed by atoms with Crippen LogP contribution in [0.25, 0.3) is 0 Å². The highest BCUT2D eigenvalue weighted by atomic mass is 16.5. The number of nitrogens with zero attached hydrogens (tertiary/aromatic N) is 1. The molecule has 0 radical (unpaired) electrons. The second-order valence-electron chi connectivity index (χ2n) is 6.92. The molecule has 1 N–H and O–H groups in total. The normalized spacial score (nSPS) is 16.8. The molecule has 1 aliphatic rings. The number of rotatable bonds is 7. The van der Waals surface area contributed by atoms with Crippen LogP contribution in [-0.2, 0) is 4.79 Å². The molecule has 0 saturated carbocycles. The van der Waals surface area contributed by atoms with E-state index in [-0.39, 0.29) is 17.9 Å². The van der Waals surface area contributed by atoms with Crippen molar-refractivity contribution in [2.24, 2.45) is 5.92 Å². The summed E-state index contributed by atoms with van der Waals surface area (Å²) in [6.07, 6.45) is 1.83. The minimum Gasteiger partial charge on any atom is -0.492 e. The molecule has 1 amide bonds. The third-order valence-electron chi connectivity index (χ3n) is 5.04. The molecule has 2 aromatic rings. The molecule has 0 bridgehead atoms. The fourth-order valence-electron chi connectivity index (χ4n) is 3.38. The Kier molecular flexibility index (Phi) is 6.67. The number of hydrogen-bond donors (Lipinski definition) is 1. The van der Waals surface area contributed by atoms with Gasteiger partial charge in [-0.25, -0.2) is 0 Å². The summed E-state index contributed by atoms with van der Waals surface area (Å²) < 4.78 is 5.76. The van der Waals surface area contributed by atoms with Crippen LogP contribution in [0.1, 0.15) is 31.4 Å². The Morgan fingerprint density at radius 3 is 2.35 bits per heavy atom. The molecule has 0 spiro atoms. The highest BCUT2D eigenvalue weighted by molar-refractivity contribution is 5.79. The van der Waals surface area contributed by atoms with E-state index in [9.17, 15) is 4.79 Å². The molecule has 2 aromatic carbocycles. The van der Waals surface area contributed by atoms with Crippen molar-refractivity contribution in [2.45, 2.75) is 25.8 Å². The lowest BCUT2D eigenvalue weighted by atomic mass is 9.95. The maximum Gasteiger partial charge on any atom is 0.223 e. The minimum absolute atomic E-state index is 0.0565. The van der Waals surface area contributed by atoms with Gasteiger partial charge in [0.1, 0.15) is 12.4 Å². The minimum atomic E-state index is 0.0565. The van der Waals surface area contributed by atoms with Crippen molar-refractivity contribution in [1.82, 2.24) is 10.2 Å². The molecule has 1 aliphatic heterocycles. The molecule has 1 atom stereocenters. The average Bonchev–Trinajstić information content (AvgIpc) is 2.70. The SMILES string of the molecule is CC(NC(=O)C1CCN(CCOc2ccccc2)CC1)c1ccccc1. The van der Waals surface area contributed by atoms with E-state index < -0.39 is 0 Å². The molecule has 0 aromatic heterocycles. The molecule has 0 aliphatic carbocycles. The van der Waals surface area contributed by atoms with Gasteiger partial charge in [-0.3, -0.25) is 9.69 Å². The molecule has 4 heteroatoms. The molecule has 1 saturated heterocycles. The maximum atomic E-state index is 12.5. The zero-order valence-corrected chi connectivity index (χ0v) is 15.4. The topological polar surface area (TPSA) is 41.6 Å². The van der Waals surface area contributed by atoms with Crippen molar-refractivity contribution < 1.29 is 9.53 Å². The monoisotopic (exact) mass is 352 g/mol. The first-order chi connectivity index (χ1) is 12.7. The van der Waals surface area contributed by atoms with Crippen LogP contribution in [0.5, 0.6) is 5.75 Å². The average molecular weight is 352 g/mol. The standard InChI is InChI=1S/C22H28N2O2/c1-18(19-8-4-2-5-9-19)23-22(25)20-12-14-24(15-13-20)16-17-26-21-10-6-3-7-11-21/h2-11,18,20H,12-17H2,1H3,(H,23,25). The highest BCUT2D eigenvalue weighted by Crippen LogP contribution is 2.19. The van der Waals surface area contributed by atoms with Crippen molar-refractivity contribution in [1.29, 1.82) is 0 Å². The number of benzene rings is 2. The summed E-state index contributed by atoms with van der Waals surface area (Å²) in [5, 5.41) is 3.16. The van der Waals surface area contributed by atoms with E-state index in [1.165, 1.54) is 0 Å². The van der Waals surface area contributed by atoms with Crippen molar-refractivity contribution in [3.05, 3.63) is 66.2 Å². The van der Waals surface area contributed by atoms with Gasteiger partial charge < -0.3 is 10.1 Å². The summed E-state index contributed by atoms with van der Waals surface area (Å²) in [6, 6.07) is 20.1. The first-order valence-corrected chi connectivity index (χ1v) is 9.48. The summed E-state index contributed by atoms with van der Waals surface area (Å²) in [5.41, 5.74) is 1.15. The van der Waals surface area contributed by atoms with Gasteiger partial charge in [-0.05, 0) is 50.6 Å². The Bertz CT molecular complexity index is 667. The van der Waals surface area contributed by atoms with Crippen LogP contribution in [0, 0.1) is 5.92 Å². The van der Waals surface area contributed by atoms with Gasteiger partial charge in [0.05, 0.1) is 6.04 Å². The smallest absolute Gasteiger partial charge is 0.223 e. The number of likely N-dealkylation sites (tertiary alicyclic amines) is 1. The molecular formula is C22H28N2O2. The first-order valence-electron chi connectivity index (χ1n) is 9.48. The van der Waals surface area contributed by atoms with Crippen LogP contribution >= 0.6 is 0 Å². The largest absolute Gasteiger partial charge is 0.492 e. The summed E-state index contributed by atoms with van der Waals surface area (Å²) in [5.74, 6) is 1.21. The summed E-state index contributed by atoms with van der Waals surface area (Å²) in [4.78, 5) is 14.9. The Morgan fingerprint density at radius 2 is 1.69 bits per heavy atom. The van der Waals surface area contributed by atoms with E-state index in [4.69, 9.17) is 4.74 Å². The lowest BCUT2D eigenvalue weighted by molar-refractivity contribution is -0.127. The maximum absolute atomic E-state index is 12.5. The molecule has 1 heterocycles. The van der Waals surface area contributed by atoms with Gasteiger partial charge in [-0.2, -0.15) is 0 Å². The van der Waals surface area contributed by atoms with Gasteiger partial charge in [0.25, 0.3) is 0 Å². The van der Waals surface area contributed by atoms with E-state index >= 15 is 0 Å². The van der Waals surface area contributed by atoms with Crippen molar-refractivity contribution >= 4 is 5.91 Å². The van der Waals surface area contributed by atoms with Crippen LogP contribution < -0.4 is 10.1 Å². The van der Waals surface area contributed by atoms with Crippen LogP contribution in [0.2, 0.25) is 0 Å². The summed E-state index contributed by atoms with van der Waals surface area (Å²) in [7, 11) is 0. The summed E-state index contributed by atoms with van der Waals surface area (Å²) in [6.45, 7) is 5.55. The number of carbonyl (C=O) groups excluding carboxylic acids is 1. The Hall–Kier alpha value is -2.33. The lowest BCUT2D eigenvalue weighted by Gasteiger charge is -2.31. The zero-order chi connectivity index (χ0) is 18.2. The fraction of sp³-hybridized carbons (Fsp3) is 0.409. The van der Waals surface area contributed by atoms with Gasteiger partial charge in [0.15, 0.2) is 0 Å². The van der Waals surface area contributed by atoms with Crippen molar-refractivity contribution in [3.8, 4) is 5.75 Å². The van der Waals surface area contributed by atoms with Crippen molar-refractivity contribution in [2.75, 3.05) is 26.2 Å². The number of nitrogens with one attached hydrogen (secondary N) is 1. The molecule has 1 unspecified atom stereocenters. The van der Waals surface area contributed by atoms with Gasteiger partial charge in [0.2, 0.25) is 5.91 Å². The number of carbonyl (C=O) groups is 1. The van der Waals surface area contributed by atoms with Gasteiger partial charge >= 0.3 is 0 Å². The van der Waals surface area contributed by atoms with Crippen LogP contribution in [0.3, 0.4) is 0 Å². The van der Waals surface area contributed by atoms with Crippen LogP contribution in [-0.4, -0.2) is 37.0 Å². The quantitative estimate of drug-likeness (QED) is 0.827. The molecule has 3 rings (SSSR count). The fourth-order valence-corrected chi connectivity index (χ4v) is 3.38. The third kappa shape index (κ3) is 5.33. The lowest BCUT2D eigenvalue weighted by Crippen LogP contribution is -2.42. The van der Waals surface area contributed by atoms with Crippen LogP contribution in [0.4, 0.5) is 0 Å². The molecule has 4 nitrogen and oxygen atoms in total. The highest BCUT2D eigenvalue weighted by Gasteiger charge is 2.25.